The van der Waals surface area contributed by atoms with E-state index in [1.165, 1.54) is 27.8 Å². The van der Waals surface area contributed by atoms with E-state index in [-0.39, 0.29) is 5.41 Å². The molecule has 0 bridgehead atoms. The van der Waals surface area contributed by atoms with Crippen molar-refractivity contribution < 1.29 is 4.43 Å². The third-order valence-corrected chi connectivity index (χ3v) is 5.03. The van der Waals surface area contributed by atoms with Crippen LogP contribution in [0.5, 0.6) is 5.75 Å². The van der Waals surface area contributed by atoms with Gasteiger partial charge in [-0.15, -0.1) is 0 Å². The highest BCUT2D eigenvalue weighted by Gasteiger charge is 2.28. The number of hydrogen-bond donors (Lipinski definition) is 0. The van der Waals surface area contributed by atoms with Gasteiger partial charge in [0.15, 0.2) is 0 Å². The van der Waals surface area contributed by atoms with E-state index < -0.39 is 0 Å². The van der Waals surface area contributed by atoms with Crippen LogP contribution in [0.25, 0.3) is 22.3 Å². The minimum Gasteiger partial charge on any atom is -0.539 e. The van der Waals surface area contributed by atoms with Crippen LogP contribution >= 0.6 is 15.9 Å². The van der Waals surface area contributed by atoms with Crippen molar-refractivity contribution in [1.82, 2.24) is 0 Å². The Kier molecular flexibility index (Phi) is 5.16. The van der Waals surface area contributed by atoms with Crippen LogP contribution in [0, 0.1) is 0 Å². The Labute approximate surface area is 161 Å². The molecule has 0 saturated heterocycles. The van der Waals surface area contributed by atoms with Crippen LogP contribution in [0.4, 0.5) is 0 Å². The maximum absolute atomic E-state index is 5.61. The van der Waals surface area contributed by atoms with E-state index in [4.69, 9.17) is 4.43 Å². The van der Waals surface area contributed by atoms with Gasteiger partial charge in [-0.3, -0.25) is 0 Å². The molecule has 3 radical (unpaired) electrons. The fraction of sp³-hybridized carbons (Fsp3) is 0.182. The van der Waals surface area contributed by atoms with E-state index in [0.29, 0.717) is 0 Å². The lowest BCUT2D eigenvalue weighted by atomic mass is 9.78. The summed E-state index contributed by atoms with van der Waals surface area (Å²) in [6.07, 6.45) is 0. The molecule has 0 heterocycles. The number of rotatable bonds is 3. The van der Waals surface area contributed by atoms with E-state index >= 15 is 0 Å². The fourth-order valence-electron chi connectivity index (χ4n) is 3.20. The number of halogens is 1. The summed E-state index contributed by atoms with van der Waals surface area (Å²) in [4.78, 5) is 0. The molecule has 0 aliphatic heterocycles. The fourth-order valence-corrected chi connectivity index (χ4v) is 4.07. The quantitative estimate of drug-likeness (QED) is 0.447. The Morgan fingerprint density at radius 1 is 0.840 bits per heavy atom. The second-order valence-electron chi connectivity index (χ2n) is 7.07. The first kappa shape index (κ1) is 18.0. The van der Waals surface area contributed by atoms with Crippen LogP contribution in [-0.2, 0) is 5.41 Å². The zero-order chi connectivity index (χ0) is 18.0. The first-order chi connectivity index (χ1) is 11.9. The van der Waals surface area contributed by atoms with Crippen molar-refractivity contribution in [3.63, 3.8) is 0 Å². The summed E-state index contributed by atoms with van der Waals surface area (Å²) in [5, 5.41) is 0. The Balaban J connectivity index is 2.46. The van der Waals surface area contributed by atoms with E-state index in [9.17, 15) is 0 Å². The number of hydrogen-bond acceptors (Lipinski definition) is 1. The topological polar surface area (TPSA) is 9.23 Å². The third-order valence-electron chi connectivity index (χ3n) is 4.23. The Hall–Kier alpha value is -1.84. The molecular formula is C22H20BrOSi. The van der Waals surface area contributed by atoms with Crippen LogP contribution < -0.4 is 4.43 Å². The van der Waals surface area contributed by atoms with E-state index in [1.54, 1.807) is 0 Å². The van der Waals surface area contributed by atoms with Gasteiger partial charge in [-0.25, -0.2) is 0 Å². The largest absolute Gasteiger partial charge is 0.539 e. The van der Waals surface area contributed by atoms with Crippen molar-refractivity contribution in [2.45, 2.75) is 26.2 Å². The van der Waals surface area contributed by atoms with E-state index in [1.807, 2.05) is 12.1 Å². The lowest BCUT2D eigenvalue weighted by molar-refractivity contribution is 0.535. The molecule has 0 atom stereocenters. The van der Waals surface area contributed by atoms with Gasteiger partial charge in [-0.05, 0) is 49.7 Å². The lowest BCUT2D eigenvalue weighted by Crippen LogP contribution is -2.16. The van der Waals surface area contributed by atoms with Crippen molar-refractivity contribution in [3.8, 4) is 28.0 Å². The van der Waals surface area contributed by atoms with Gasteiger partial charge < -0.3 is 4.43 Å². The molecule has 0 aliphatic carbocycles. The summed E-state index contributed by atoms with van der Waals surface area (Å²) in [6, 6.07) is 23.1. The van der Waals surface area contributed by atoms with E-state index in [0.717, 1.165) is 10.2 Å². The van der Waals surface area contributed by atoms with Crippen LogP contribution in [0.3, 0.4) is 0 Å². The molecule has 3 aromatic carbocycles. The lowest BCUT2D eigenvalue weighted by Gasteiger charge is -2.29. The summed E-state index contributed by atoms with van der Waals surface area (Å²) in [6.45, 7) is 6.64. The molecule has 125 valence electrons. The first-order valence-corrected chi connectivity index (χ1v) is 9.45. The molecular weight excluding hydrogens is 388 g/mol. The van der Waals surface area contributed by atoms with Gasteiger partial charge in [-0.2, -0.15) is 0 Å². The van der Waals surface area contributed by atoms with Gasteiger partial charge in [0.05, 0.1) is 4.47 Å². The minimum absolute atomic E-state index is 0.0968. The molecule has 3 aromatic rings. The Morgan fingerprint density at radius 2 is 1.36 bits per heavy atom. The second-order valence-corrected chi connectivity index (χ2v) is 8.13. The maximum Gasteiger partial charge on any atom is 0.341 e. The van der Waals surface area contributed by atoms with Crippen molar-refractivity contribution in [1.29, 1.82) is 0 Å². The molecule has 3 rings (SSSR count). The second kappa shape index (κ2) is 7.18. The van der Waals surface area contributed by atoms with E-state index in [2.05, 4.69) is 102 Å². The SMILES string of the molecule is CC(C)(C)c1c(O[Si])c(Br)cc(-c2ccccc2)c1-c1ccccc1. The van der Waals surface area contributed by atoms with Gasteiger partial charge in [0.2, 0.25) is 0 Å². The third kappa shape index (κ3) is 3.58. The van der Waals surface area contributed by atoms with Crippen molar-refractivity contribution in [3.05, 3.63) is 76.8 Å². The predicted molar refractivity (Wildman–Crippen MR) is 110 cm³/mol. The van der Waals surface area contributed by atoms with Crippen molar-refractivity contribution in [2.24, 2.45) is 0 Å². The average Bonchev–Trinajstić information content (AvgIpc) is 2.61. The zero-order valence-corrected chi connectivity index (χ0v) is 17.2. The molecule has 0 N–H and O–H groups in total. The predicted octanol–water partition coefficient (Wildman–Crippen LogP) is 6.54. The van der Waals surface area contributed by atoms with Gasteiger partial charge in [0.1, 0.15) is 5.75 Å². The number of benzene rings is 3. The highest BCUT2D eigenvalue weighted by Crippen LogP contribution is 2.48. The average molecular weight is 408 g/mol. The van der Waals surface area contributed by atoms with Crippen LogP contribution in [-0.4, -0.2) is 10.5 Å². The minimum atomic E-state index is -0.0968. The van der Waals surface area contributed by atoms with Crippen LogP contribution in [0.1, 0.15) is 26.3 Å². The summed E-state index contributed by atoms with van der Waals surface area (Å²) >= 11 is 3.70. The van der Waals surface area contributed by atoms with Crippen molar-refractivity contribution >= 4 is 26.4 Å². The molecule has 0 aliphatic rings. The summed E-state index contributed by atoms with van der Waals surface area (Å²) < 4.78 is 6.55. The highest BCUT2D eigenvalue weighted by molar-refractivity contribution is 9.10. The monoisotopic (exact) mass is 407 g/mol. The Bertz CT molecular complexity index is 868. The summed E-state index contributed by atoms with van der Waals surface area (Å²) in [5.41, 5.74) is 5.84. The summed E-state index contributed by atoms with van der Waals surface area (Å²) in [7, 11) is 3.26. The molecule has 0 unspecified atom stereocenters. The molecule has 25 heavy (non-hydrogen) atoms. The zero-order valence-electron chi connectivity index (χ0n) is 14.6. The van der Waals surface area contributed by atoms with Crippen LogP contribution in [0.15, 0.2) is 71.2 Å². The smallest absolute Gasteiger partial charge is 0.341 e. The molecule has 1 nitrogen and oxygen atoms in total. The molecule has 0 fully saturated rings. The van der Waals surface area contributed by atoms with Crippen molar-refractivity contribution in [2.75, 3.05) is 0 Å². The molecule has 0 saturated carbocycles. The van der Waals surface area contributed by atoms with Gasteiger partial charge in [0, 0.05) is 5.56 Å². The summed E-state index contributed by atoms with van der Waals surface area (Å²) in [5.74, 6) is 0.822. The molecule has 3 heteroatoms. The van der Waals surface area contributed by atoms with Gasteiger partial charge >= 0.3 is 10.5 Å². The molecule has 0 amide bonds. The molecule has 0 aromatic heterocycles. The normalized spacial score (nSPS) is 11.4. The molecule has 0 spiro atoms. The standard InChI is InChI=1S/C22H20BrOSi/c1-22(2,3)20-19(16-12-8-5-9-13-16)17(14-18(23)21(20)24-25)15-10-6-4-7-11-15/h4-14H,1-3H3. The maximum atomic E-state index is 5.61. The van der Waals surface area contributed by atoms with Gasteiger partial charge in [0.25, 0.3) is 0 Å². The van der Waals surface area contributed by atoms with Crippen LogP contribution in [0.2, 0.25) is 0 Å². The Morgan fingerprint density at radius 3 is 1.84 bits per heavy atom. The highest BCUT2D eigenvalue weighted by atomic mass is 79.9. The first-order valence-electron chi connectivity index (χ1n) is 8.25. The van der Waals surface area contributed by atoms with Gasteiger partial charge in [-0.1, -0.05) is 81.4 Å².